The molecule has 3 nitrogen and oxygen atoms in total. The Morgan fingerprint density at radius 3 is 2.06 bits per heavy atom. The summed E-state index contributed by atoms with van der Waals surface area (Å²) in [5.74, 6) is 0. The first-order chi connectivity index (χ1) is 7.77. The maximum absolute atomic E-state index is 5.47. The monoisotopic (exact) mass is 231 g/mol. The van der Waals surface area contributed by atoms with Crippen LogP contribution < -0.4 is 5.32 Å². The average molecular weight is 231 g/mol. The molecule has 0 saturated carbocycles. The van der Waals surface area contributed by atoms with Crippen molar-refractivity contribution in [3.63, 3.8) is 0 Å². The van der Waals surface area contributed by atoms with Gasteiger partial charge in [0, 0.05) is 19.3 Å². The molecule has 0 aliphatic carbocycles. The van der Waals surface area contributed by atoms with E-state index in [4.69, 9.17) is 9.47 Å². The van der Waals surface area contributed by atoms with E-state index in [0.29, 0.717) is 6.04 Å². The van der Waals surface area contributed by atoms with Gasteiger partial charge < -0.3 is 14.8 Å². The molecule has 98 valence electrons. The van der Waals surface area contributed by atoms with Gasteiger partial charge in [0.05, 0.1) is 13.2 Å². The van der Waals surface area contributed by atoms with Gasteiger partial charge in [0.15, 0.2) is 0 Å². The average Bonchev–Trinajstić information content (AvgIpc) is 2.25. The summed E-state index contributed by atoms with van der Waals surface area (Å²) in [6, 6.07) is 0.591. The summed E-state index contributed by atoms with van der Waals surface area (Å²) in [7, 11) is 0. The van der Waals surface area contributed by atoms with Crippen LogP contribution in [0.2, 0.25) is 0 Å². The molecular weight excluding hydrogens is 202 g/mol. The van der Waals surface area contributed by atoms with Crippen molar-refractivity contribution in [2.24, 2.45) is 0 Å². The molecule has 0 aromatic heterocycles. The molecule has 0 fully saturated rings. The van der Waals surface area contributed by atoms with Gasteiger partial charge >= 0.3 is 0 Å². The third-order valence-electron chi connectivity index (χ3n) is 2.28. The van der Waals surface area contributed by atoms with Crippen LogP contribution in [0.1, 0.15) is 46.5 Å². The Hall–Kier alpha value is -0.120. The standard InChI is InChI=1S/C13H29NO2/c1-4-5-9-15-11-12-16-10-7-6-8-14-13(2)3/h13-14H,4-12H2,1-3H3. The Morgan fingerprint density at radius 2 is 1.50 bits per heavy atom. The molecule has 0 amide bonds. The molecule has 0 atom stereocenters. The second-order valence-corrected chi connectivity index (χ2v) is 4.39. The smallest absolute Gasteiger partial charge is 0.0700 e. The molecule has 0 radical (unpaired) electrons. The predicted molar refractivity (Wildman–Crippen MR) is 68.9 cm³/mol. The van der Waals surface area contributed by atoms with Crippen LogP contribution in [-0.4, -0.2) is 39.0 Å². The minimum Gasteiger partial charge on any atom is -0.379 e. The maximum Gasteiger partial charge on any atom is 0.0700 e. The van der Waals surface area contributed by atoms with Crippen LogP contribution in [0.4, 0.5) is 0 Å². The van der Waals surface area contributed by atoms with E-state index in [2.05, 4.69) is 26.1 Å². The molecule has 0 bridgehead atoms. The summed E-state index contributed by atoms with van der Waals surface area (Å²) in [6.07, 6.45) is 4.67. The first kappa shape index (κ1) is 15.9. The third-order valence-corrected chi connectivity index (χ3v) is 2.28. The zero-order chi connectivity index (χ0) is 12.1. The third kappa shape index (κ3) is 13.9. The highest BCUT2D eigenvalue weighted by molar-refractivity contribution is 4.52. The summed E-state index contributed by atoms with van der Waals surface area (Å²) in [5.41, 5.74) is 0. The number of ether oxygens (including phenoxy) is 2. The molecule has 0 spiro atoms. The fourth-order valence-corrected chi connectivity index (χ4v) is 1.29. The zero-order valence-electron chi connectivity index (χ0n) is 11.3. The largest absolute Gasteiger partial charge is 0.379 e. The summed E-state index contributed by atoms with van der Waals surface area (Å²) in [4.78, 5) is 0. The van der Waals surface area contributed by atoms with Crippen LogP contribution in [0.3, 0.4) is 0 Å². The maximum atomic E-state index is 5.47. The first-order valence-electron chi connectivity index (χ1n) is 6.66. The second-order valence-electron chi connectivity index (χ2n) is 4.39. The molecule has 0 aliphatic heterocycles. The van der Waals surface area contributed by atoms with Gasteiger partial charge in [0.1, 0.15) is 0 Å². The SMILES string of the molecule is CCCCOCCOCCCCNC(C)C. The Balaban J connectivity index is 2.88. The van der Waals surface area contributed by atoms with Gasteiger partial charge in [-0.2, -0.15) is 0 Å². The Kier molecular flexibility index (Phi) is 12.9. The van der Waals surface area contributed by atoms with Crippen molar-refractivity contribution in [3.05, 3.63) is 0 Å². The van der Waals surface area contributed by atoms with Crippen molar-refractivity contribution in [1.29, 1.82) is 0 Å². The highest BCUT2D eigenvalue weighted by Crippen LogP contribution is 1.91. The molecule has 0 saturated heterocycles. The van der Waals surface area contributed by atoms with Crippen LogP contribution in [0, 0.1) is 0 Å². The topological polar surface area (TPSA) is 30.5 Å². The lowest BCUT2D eigenvalue weighted by Crippen LogP contribution is -2.23. The van der Waals surface area contributed by atoms with Gasteiger partial charge in [-0.3, -0.25) is 0 Å². The summed E-state index contributed by atoms with van der Waals surface area (Å²) < 4.78 is 10.9. The highest BCUT2D eigenvalue weighted by Gasteiger charge is 1.93. The van der Waals surface area contributed by atoms with Crippen molar-refractivity contribution in [2.45, 2.75) is 52.5 Å². The molecule has 1 N–H and O–H groups in total. The molecule has 0 rings (SSSR count). The molecular formula is C13H29NO2. The molecule has 0 aromatic rings. The minimum absolute atomic E-state index is 0.591. The molecule has 3 heteroatoms. The molecule has 0 heterocycles. The van der Waals surface area contributed by atoms with E-state index in [1.165, 1.54) is 12.8 Å². The van der Waals surface area contributed by atoms with Gasteiger partial charge in [-0.15, -0.1) is 0 Å². The fraction of sp³-hybridized carbons (Fsp3) is 1.00. The van der Waals surface area contributed by atoms with Gasteiger partial charge in [0.2, 0.25) is 0 Å². The summed E-state index contributed by atoms with van der Waals surface area (Å²) in [5, 5.41) is 3.39. The molecule has 0 aliphatic rings. The van der Waals surface area contributed by atoms with E-state index in [0.717, 1.165) is 45.8 Å². The lowest BCUT2D eigenvalue weighted by molar-refractivity contribution is 0.0454. The number of hydrogen-bond acceptors (Lipinski definition) is 3. The zero-order valence-corrected chi connectivity index (χ0v) is 11.3. The van der Waals surface area contributed by atoms with Crippen LogP contribution >= 0.6 is 0 Å². The first-order valence-corrected chi connectivity index (χ1v) is 6.66. The number of hydrogen-bond donors (Lipinski definition) is 1. The van der Waals surface area contributed by atoms with Crippen LogP contribution in [-0.2, 0) is 9.47 Å². The van der Waals surface area contributed by atoms with E-state index >= 15 is 0 Å². The number of rotatable bonds is 12. The Labute approximate surface area is 101 Å². The predicted octanol–water partition coefficient (Wildman–Crippen LogP) is 2.60. The quantitative estimate of drug-likeness (QED) is 0.524. The lowest BCUT2D eigenvalue weighted by atomic mass is 10.3. The number of nitrogens with one attached hydrogen (secondary N) is 1. The highest BCUT2D eigenvalue weighted by atomic mass is 16.5. The molecule has 0 aromatic carbocycles. The van der Waals surface area contributed by atoms with Crippen molar-refractivity contribution in [3.8, 4) is 0 Å². The normalized spacial score (nSPS) is 11.2. The fourth-order valence-electron chi connectivity index (χ4n) is 1.29. The van der Waals surface area contributed by atoms with Crippen molar-refractivity contribution in [2.75, 3.05) is 33.0 Å². The number of unbranched alkanes of at least 4 members (excludes halogenated alkanes) is 2. The Morgan fingerprint density at radius 1 is 0.875 bits per heavy atom. The van der Waals surface area contributed by atoms with Gasteiger partial charge in [-0.05, 0) is 25.8 Å². The lowest BCUT2D eigenvalue weighted by Gasteiger charge is -2.08. The molecule has 16 heavy (non-hydrogen) atoms. The summed E-state index contributed by atoms with van der Waals surface area (Å²) >= 11 is 0. The van der Waals surface area contributed by atoms with E-state index in [-0.39, 0.29) is 0 Å². The summed E-state index contributed by atoms with van der Waals surface area (Å²) in [6.45, 7) is 10.8. The van der Waals surface area contributed by atoms with Gasteiger partial charge in [-0.1, -0.05) is 27.2 Å². The van der Waals surface area contributed by atoms with Gasteiger partial charge in [-0.25, -0.2) is 0 Å². The Bertz CT molecular complexity index is 129. The second kappa shape index (κ2) is 12.9. The van der Waals surface area contributed by atoms with Crippen LogP contribution in [0.5, 0.6) is 0 Å². The van der Waals surface area contributed by atoms with Gasteiger partial charge in [0.25, 0.3) is 0 Å². The van der Waals surface area contributed by atoms with E-state index in [1.54, 1.807) is 0 Å². The van der Waals surface area contributed by atoms with E-state index in [9.17, 15) is 0 Å². The van der Waals surface area contributed by atoms with Crippen LogP contribution in [0.25, 0.3) is 0 Å². The van der Waals surface area contributed by atoms with Crippen molar-refractivity contribution in [1.82, 2.24) is 5.32 Å². The molecule has 0 unspecified atom stereocenters. The van der Waals surface area contributed by atoms with Crippen molar-refractivity contribution >= 4 is 0 Å². The van der Waals surface area contributed by atoms with E-state index < -0.39 is 0 Å². The minimum atomic E-state index is 0.591. The van der Waals surface area contributed by atoms with Crippen LogP contribution in [0.15, 0.2) is 0 Å². The van der Waals surface area contributed by atoms with Crippen molar-refractivity contribution < 1.29 is 9.47 Å². The van der Waals surface area contributed by atoms with E-state index in [1.807, 2.05) is 0 Å².